The zero-order chi connectivity index (χ0) is 12.5. The van der Waals surface area contributed by atoms with Crippen LogP contribution in [0.4, 0.5) is 0 Å². The molecule has 1 amide bonds. The number of carbonyl (C=O) groups excluding carboxylic acids is 1. The maximum atomic E-state index is 12.3. The Labute approximate surface area is 105 Å². The number of rotatable bonds is 1. The van der Waals surface area contributed by atoms with Gasteiger partial charge in [-0.3, -0.25) is 4.79 Å². The van der Waals surface area contributed by atoms with Crippen LogP contribution >= 0.6 is 0 Å². The van der Waals surface area contributed by atoms with E-state index in [4.69, 9.17) is 0 Å². The molecule has 2 aromatic rings. The summed E-state index contributed by atoms with van der Waals surface area (Å²) in [5.74, 6) is 0.0732. The summed E-state index contributed by atoms with van der Waals surface area (Å²) in [6, 6.07) is 5.55. The molecule has 0 spiro atoms. The van der Waals surface area contributed by atoms with Gasteiger partial charge < -0.3 is 10.2 Å². The third-order valence-corrected chi connectivity index (χ3v) is 3.26. The Morgan fingerprint density at radius 1 is 1.33 bits per heavy atom. The molecular weight excluding hydrogens is 230 g/mol. The maximum absolute atomic E-state index is 12.3. The number of benzene rings is 1. The van der Waals surface area contributed by atoms with Gasteiger partial charge in [0.05, 0.1) is 5.52 Å². The lowest BCUT2D eigenvalue weighted by molar-refractivity contribution is 0.0736. The minimum atomic E-state index is 0.0732. The van der Waals surface area contributed by atoms with E-state index in [1.54, 1.807) is 4.68 Å². The van der Waals surface area contributed by atoms with Crippen LogP contribution in [0.15, 0.2) is 18.2 Å². The summed E-state index contributed by atoms with van der Waals surface area (Å²) >= 11 is 0. The van der Waals surface area contributed by atoms with Gasteiger partial charge in [-0.15, -0.1) is 5.10 Å². The highest BCUT2D eigenvalue weighted by atomic mass is 16.2. The molecule has 1 aromatic carbocycles. The first-order valence-corrected chi connectivity index (χ1v) is 6.05. The number of nitrogens with one attached hydrogen (secondary N) is 1. The number of hydrogen-bond acceptors (Lipinski definition) is 4. The van der Waals surface area contributed by atoms with Gasteiger partial charge in [0.2, 0.25) is 0 Å². The molecule has 18 heavy (non-hydrogen) atoms. The summed E-state index contributed by atoms with van der Waals surface area (Å²) in [6.45, 7) is 3.24. The third kappa shape index (κ3) is 1.84. The lowest BCUT2D eigenvalue weighted by atomic mass is 10.1. The lowest BCUT2D eigenvalue weighted by Crippen LogP contribution is -2.46. The van der Waals surface area contributed by atoms with Gasteiger partial charge in [0.25, 0.3) is 5.91 Å². The van der Waals surface area contributed by atoms with Gasteiger partial charge >= 0.3 is 0 Å². The molecule has 6 nitrogen and oxygen atoms in total. The second-order valence-electron chi connectivity index (χ2n) is 4.46. The quantitative estimate of drug-likeness (QED) is 0.769. The number of fused-ring (bicyclic) bond motifs is 1. The average molecular weight is 245 g/mol. The summed E-state index contributed by atoms with van der Waals surface area (Å²) in [6.07, 6.45) is 0. The van der Waals surface area contributed by atoms with Crippen LogP contribution in [0.5, 0.6) is 0 Å². The standard InChI is InChI=1S/C12H15N5O/c1-16-11-3-2-9(8-10(11)14-15-16)12(18)17-6-4-13-5-7-17/h2-3,8,13H,4-7H2,1H3. The minimum Gasteiger partial charge on any atom is -0.336 e. The molecule has 1 aliphatic rings. The first kappa shape index (κ1) is 11.2. The van der Waals surface area contributed by atoms with Gasteiger partial charge in [-0.05, 0) is 18.2 Å². The van der Waals surface area contributed by atoms with Crippen molar-refractivity contribution in [3.63, 3.8) is 0 Å². The average Bonchev–Trinajstić information content (AvgIpc) is 2.80. The van der Waals surface area contributed by atoms with Gasteiger partial charge in [0.15, 0.2) is 0 Å². The first-order chi connectivity index (χ1) is 8.75. The van der Waals surface area contributed by atoms with Gasteiger partial charge in [-0.1, -0.05) is 5.21 Å². The number of hydrogen-bond donors (Lipinski definition) is 1. The largest absolute Gasteiger partial charge is 0.336 e. The minimum absolute atomic E-state index is 0.0732. The lowest BCUT2D eigenvalue weighted by Gasteiger charge is -2.27. The van der Waals surface area contributed by atoms with Gasteiger partial charge in [0.1, 0.15) is 5.52 Å². The van der Waals surface area contributed by atoms with Crippen molar-refractivity contribution in [2.45, 2.75) is 0 Å². The Bertz CT molecular complexity index is 585. The highest BCUT2D eigenvalue weighted by Crippen LogP contribution is 2.14. The van der Waals surface area contributed by atoms with E-state index in [2.05, 4.69) is 15.6 Å². The topological polar surface area (TPSA) is 63.1 Å². The summed E-state index contributed by atoms with van der Waals surface area (Å²) in [4.78, 5) is 14.2. The molecule has 0 atom stereocenters. The van der Waals surface area contributed by atoms with E-state index in [1.807, 2.05) is 30.1 Å². The van der Waals surface area contributed by atoms with Crippen molar-refractivity contribution in [2.75, 3.05) is 26.2 Å². The van der Waals surface area contributed by atoms with Crippen molar-refractivity contribution in [2.24, 2.45) is 7.05 Å². The molecule has 0 unspecified atom stereocenters. The molecule has 6 heteroatoms. The van der Waals surface area contributed by atoms with Gasteiger partial charge in [-0.25, -0.2) is 4.68 Å². The maximum Gasteiger partial charge on any atom is 0.254 e. The molecule has 0 aliphatic carbocycles. The van der Waals surface area contributed by atoms with Crippen LogP contribution in [0, 0.1) is 0 Å². The van der Waals surface area contributed by atoms with Crippen molar-refractivity contribution >= 4 is 16.9 Å². The molecule has 1 aromatic heterocycles. The van der Waals surface area contributed by atoms with Gasteiger partial charge in [-0.2, -0.15) is 0 Å². The SMILES string of the molecule is Cn1nnc2cc(C(=O)N3CCNCC3)ccc21. The van der Waals surface area contributed by atoms with Crippen LogP contribution in [0.1, 0.15) is 10.4 Å². The second-order valence-corrected chi connectivity index (χ2v) is 4.46. The number of aryl methyl sites for hydroxylation is 1. The van der Waals surface area contributed by atoms with Crippen LogP contribution in [0.2, 0.25) is 0 Å². The predicted molar refractivity (Wildman–Crippen MR) is 67.3 cm³/mol. The highest BCUT2D eigenvalue weighted by Gasteiger charge is 2.18. The fourth-order valence-corrected chi connectivity index (χ4v) is 2.22. The van der Waals surface area contributed by atoms with Gasteiger partial charge in [0, 0.05) is 38.8 Å². The fraction of sp³-hybridized carbons (Fsp3) is 0.417. The van der Waals surface area contributed by atoms with Crippen molar-refractivity contribution in [1.82, 2.24) is 25.2 Å². The first-order valence-electron chi connectivity index (χ1n) is 6.05. The Morgan fingerprint density at radius 3 is 2.89 bits per heavy atom. The van der Waals surface area contributed by atoms with Crippen molar-refractivity contribution in [3.05, 3.63) is 23.8 Å². The molecule has 3 rings (SSSR count). The molecule has 2 heterocycles. The van der Waals surface area contributed by atoms with Crippen LogP contribution in [-0.4, -0.2) is 52.0 Å². The van der Waals surface area contributed by atoms with E-state index < -0.39 is 0 Å². The Hall–Kier alpha value is -1.95. The summed E-state index contributed by atoms with van der Waals surface area (Å²) < 4.78 is 1.70. The van der Waals surface area contributed by atoms with Crippen LogP contribution in [0.25, 0.3) is 11.0 Å². The van der Waals surface area contributed by atoms with E-state index in [0.29, 0.717) is 5.56 Å². The molecule has 0 bridgehead atoms. The van der Waals surface area contributed by atoms with E-state index in [0.717, 1.165) is 37.2 Å². The van der Waals surface area contributed by atoms with E-state index in [9.17, 15) is 4.79 Å². The van der Waals surface area contributed by atoms with Crippen molar-refractivity contribution in [3.8, 4) is 0 Å². The molecule has 1 aliphatic heterocycles. The van der Waals surface area contributed by atoms with Crippen LogP contribution in [0.3, 0.4) is 0 Å². The van der Waals surface area contributed by atoms with Crippen LogP contribution in [-0.2, 0) is 7.05 Å². The molecule has 1 N–H and O–H groups in total. The Morgan fingerprint density at radius 2 is 2.11 bits per heavy atom. The fourth-order valence-electron chi connectivity index (χ4n) is 2.22. The predicted octanol–water partition coefficient (Wildman–Crippen LogP) is 0.0137. The summed E-state index contributed by atoms with van der Waals surface area (Å²) in [7, 11) is 1.84. The van der Waals surface area contributed by atoms with Crippen LogP contribution < -0.4 is 5.32 Å². The molecule has 1 saturated heterocycles. The number of carbonyl (C=O) groups is 1. The third-order valence-electron chi connectivity index (χ3n) is 3.26. The molecule has 94 valence electrons. The Balaban J connectivity index is 1.91. The summed E-state index contributed by atoms with van der Waals surface area (Å²) in [5, 5.41) is 11.2. The highest BCUT2D eigenvalue weighted by molar-refractivity contribution is 5.97. The number of nitrogens with zero attached hydrogens (tertiary/aromatic N) is 4. The van der Waals surface area contributed by atoms with E-state index in [-0.39, 0.29) is 5.91 Å². The number of aromatic nitrogens is 3. The Kier molecular flexibility index (Phi) is 2.71. The zero-order valence-electron chi connectivity index (χ0n) is 10.3. The summed E-state index contributed by atoms with van der Waals surface area (Å²) in [5.41, 5.74) is 2.38. The molecule has 0 saturated carbocycles. The van der Waals surface area contributed by atoms with Crippen molar-refractivity contribution in [1.29, 1.82) is 0 Å². The zero-order valence-corrected chi connectivity index (χ0v) is 10.3. The molecular formula is C12H15N5O. The second kappa shape index (κ2) is 4.38. The number of piperazine rings is 1. The van der Waals surface area contributed by atoms with Crippen molar-refractivity contribution < 1.29 is 4.79 Å². The smallest absolute Gasteiger partial charge is 0.254 e. The normalized spacial score (nSPS) is 16.2. The number of amides is 1. The van der Waals surface area contributed by atoms with E-state index in [1.165, 1.54) is 0 Å². The molecule has 0 radical (unpaired) electrons. The molecule has 1 fully saturated rings. The monoisotopic (exact) mass is 245 g/mol. The van der Waals surface area contributed by atoms with E-state index >= 15 is 0 Å².